The van der Waals surface area contributed by atoms with Crippen LogP contribution < -0.4 is 10.1 Å². The average Bonchev–Trinajstić information content (AvgIpc) is 2.90. The second-order valence-electron chi connectivity index (χ2n) is 5.98. The summed E-state index contributed by atoms with van der Waals surface area (Å²) in [6, 6.07) is 11.9. The summed E-state index contributed by atoms with van der Waals surface area (Å²) in [5.74, 6) is 0.935. The van der Waals surface area contributed by atoms with Crippen molar-refractivity contribution in [2.75, 3.05) is 0 Å². The van der Waals surface area contributed by atoms with E-state index in [1.165, 1.54) is 0 Å². The lowest BCUT2D eigenvalue weighted by Gasteiger charge is -2.37. The van der Waals surface area contributed by atoms with Crippen LogP contribution in [0.25, 0.3) is 0 Å². The maximum absolute atomic E-state index is 12.3. The van der Waals surface area contributed by atoms with Gasteiger partial charge in [-0.1, -0.05) is 24.3 Å². The number of ether oxygens (including phenoxy) is 1. The van der Waals surface area contributed by atoms with Crippen molar-refractivity contribution in [1.82, 2.24) is 5.32 Å². The van der Waals surface area contributed by atoms with Crippen LogP contribution in [-0.2, 0) is 11.2 Å². The van der Waals surface area contributed by atoms with Crippen molar-refractivity contribution in [3.63, 3.8) is 0 Å². The molecule has 1 aliphatic heterocycles. The Hall–Kier alpha value is -1.81. The second kappa shape index (κ2) is 5.53. The first-order valence-corrected chi connectivity index (χ1v) is 8.01. The lowest BCUT2D eigenvalue weighted by molar-refractivity contribution is -0.121. The molecule has 0 saturated heterocycles. The van der Waals surface area contributed by atoms with Gasteiger partial charge in [0.2, 0.25) is 5.91 Å². The molecule has 110 valence electrons. The molecule has 0 aliphatic carbocycles. The predicted molar refractivity (Wildman–Crippen MR) is 84.7 cm³/mol. The Morgan fingerprint density at radius 2 is 2.14 bits per heavy atom. The minimum Gasteiger partial charge on any atom is -0.487 e. The van der Waals surface area contributed by atoms with E-state index in [2.05, 4.69) is 19.2 Å². The van der Waals surface area contributed by atoms with Gasteiger partial charge in [0.25, 0.3) is 0 Å². The van der Waals surface area contributed by atoms with Gasteiger partial charge in [-0.25, -0.2) is 0 Å². The van der Waals surface area contributed by atoms with Crippen LogP contribution in [0, 0.1) is 0 Å². The van der Waals surface area contributed by atoms with Crippen molar-refractivity contribution in [1.29, 1.82) is 0 Å². The summed E-state index contributed by atoms with van der Waals surface area (Å²) < 4.78 is 5.99. The largest absolute Gasteiger partial charge is 0.487 e. The number of hydrogen-bond donors (Lipinski definition) is 1. The molecular weight excluding hydrogens is 282 g/mol. The van der Waals surface area contributed by atoms with Crippen LogP contribution in [0.5, 0.6) is 5.75 Å². The van der Waals surface area contributed by atoms with Gasteiger partial charge in [-0.2, -0.15) is 0 Å². The van der Waals surface area contributed by atoms with Crippen molar-refractivity contribution in [3.05, 3.63) is 52.2 Å². The van der Waals surface area contributed by atoms with Crippen LogP contribution in [0.4, 0.5) is 0 Å². The van der Waals surface area contributed by atoms with Gasteiger partial charge in [-0.3, -0.25) is 4.79 Å². The monoisotopic (exact) mass is 301 g/mol. The van der Waals surface area contributed by atoms with E-state index in [1.807, 2.05) is 41.8 Å². The van der Waals surface area contributed by atoms with Gasteiger partial charge in [0.15, 0.2) is 0 Å². The van der Waals surface area contributed by atoms with Crippen LogP contribution in [0.2, 0.25) is 0 Å². The van der Waals surface area contributed by atoms with E-state index in [0.29, 0.717) is 6.42 Å². The SMILES string of the molecule is CC1(C)C[C@H](NC(=O)Cc2cccs2)c2ccccc2O1. The van der Waals surface area contributed by atoms with Crippen molar-refractivity contribution >= 4 is 17.2 Å². The summed E-state index contributed by atoms with van der Waals surface area (Å²) >= 11 is 1.61. The number of carbonyl (C=O) groups is 1. The van der Waals surface area contributed by atoms with Gasteiger partial charge in [-0.15, -0.1) is 11.3 Å². The number of rotatable bonds is 3. The minimum absolute atomic E-state index is 0.0115. The molecule has 0 unspecified atom stereocenters. The molecule has 2 heterocycles. The Morgan fingerprint density at radius 3 is 2.90 bits per heavy atom. The lowest BCUT2D eigenvalue weighted by Crippen LogP contribution is -2.41. The fraction of sp³-hybridized carbons (Fsp3) is 0.353. The van der Waals surface area contributed by atoms with E-state index in [0.717, 1.165) is 22.6 Å². The Balaban J connectivity index is 1.76. The van der Waals surface area contributed by atoms with E-state index in [1.54, 1.807) is 11.3 Å². The molecule has 0 spiro atoms. The number of hydrogen-bond acceptors (Lipinski definition) is 3. The fourth-order valence-corrected chi connectivity index (χ4v) is 3.45. The molecule has 1 atom stereocenters. The summed E-state index contributed by atoms with van der Waals surface area (Å²) in [6.07, 6.45) is 1.22. The third kappa shape index (κ3) is 3.27. The average molecular weight is 301 g/mol. The van der Waals surface area contributed by atoms with Crippen molar-refractivity contribution < 1.29 is 9.53 Å². The maximum atomic E-state index is 12.3. The molecule has 0 saturated carbocycles. The molecule has 1 aromatic carbocycles. The molecule has 1 aliphatic rings. The normalized spacial score (nSPS) is 19.4. The Kier molecular flexibility index (Phi) is 3.72. The number of carbonyl (C=O) groups excluding carboxylic acids is 1. The second-order valence-corrected chi connectivity index (χ2v) is 7.01. The highest BCUT2D eigenvalue weighted by atomic mass is 32.1. The zero-order chi connectivity index (χ0) is 14.9. The summed E-state index contributed by atoms with van der Waals surface area (Å²) in [7, 11) is 0. The predicted octanol–water partition coefficient (Wildman–Crippen LogP) is 3.71. The number of thiophene rings is 1. The lowest BCUT2D eigenvalue weighted by atomic mass is 9.89. The first kappa shape index (κ1) is 14.1. The third-order valence-electron chi connectivity index (χ3n) is 3.63. The Labute approximate surface area is 129 Å². The van der Waals surface area contributed by atoms with Crippen molar-refractivity contribution in [3.8, 4) is 5.75 Å². The molecule has 3 rings (SSSR count). The molecule has 1 aromatic heterocycles. The van der Waals surface area contributed by atoms with E-state index >= 15 is 0 Å². The van der Waals surface area contributed by atoms with Crippen LogP contribution in [0.15, 0.2) is 41.8 Å². The van der Waals surface area contributed by atoms with Crippen LogP contribution in [-0.4, -0.2) is 11.5 Å². The van der Waals surface area contributed by atoms with Gasteiger partial charge < -0.3 is 10.1 Å². The quantitative estimate of drug-likeness (QED) is 0.938. The molecule has 1 N–H and O–H groups in total. The smallest absolute Gasteiger partial charge is 0.225 e. The van der Waals surface area contributed by atoms with Crippen molar-refractivity contribution in [2.45, 2.75) is 38.3 Å². The summed E-state index contributed by atoms with van der Waals surface area (Å²) in [5.41, 5.74) is 0.797. The van der Waals surface area contributed by atoms with Gasteiger partial charge in [0.05, 0.1) is 12.5 Å². The third-order valence-corrected chi connectivity index (χ3v) is 4.50. The first-order valence-electron chi connectivity index (χ1n) is 7.13. The van der Waals surface area contributed by atoms with Crippen LogP contribution in [0.1, 0.15) is 36.8 Å². The van der Waals surface area contributed by atoms with E-state index in [4.69, 9.17) is 4.74 Å². The Bertz CT molecular complexity index is 634. The molecule has 0 bridgehead atoms. The summed E-state index contributed by atoms with van der Waals surface area (Å²) in [6.45, 7) is 4.11. The zero-order valence-electron chi connectivity index (χ0n) is 12.3. The molecule has 4 heteroatoms. The van der Waals surface area contributed by atoms with Crippen LogP contribution >= 0.6 is 11.3 Å². The fourth-order valence-electron chi connectivity index (χ4n) is 2.75. The number of para-hydroxylation sites is 1. The van der Waals surface area contributed by atoms with E-state index in [9.17, 15) is 4.79 Å². The van der Waals surface area contributed by atoms with Gasteiger partial charge in [-0.05, 0) is 31.4 Å². The molecule has 0 fully saturated rings. The van der Waals surface area contributed by atoms with Crippen molar-refractivity contribution in [2.24, 2.45) is 0 Å². The number of benzene rings is 1. The summed E-state index contributed by atoms with van der Waals surface area (Å²) in [5, 5.41) is 5.15. The highest BCUT2D eigenvalue weighted by molar-refractivity contribution is 7.10. The molecule has 3 nitrogen and oxygen atoms in total. The number of nitrogens with one attached hydrogen (secondary N) is 1. The van der Waals surface area contributed by atoms with Crippen LogP contribution in [0.3, 0.4) is 0 Å². The topological polar surface area (TPSA) is 38.3 Å². The number of amides is 1. The van der Waals surface area contributed by atoms with Gasteiger partial charge in [0, 0.05) is 16.9 Å². The molecule has 1 amide bonds. The molecular formula is C17H19NO2S. The zero-order valence-corrected chi connectivity index (χ0v) is 13.1. The van der Waals surface area contributed by atoms with E-state index in [-0.39, 0.29) is 17.6 Å². The van der Waals surface area contributed by atoms with Gasteiger partial charge in [0.1, 0.15) is 11.4 Å². The molecule has 21 heavy (non-hydrogen) atoms. The highest BCUT2D eigenvalue weighted by Gasteiger charge is 2.34. The standard InChI is InChI=1S/C17H19NO2S/c1-17(2)11-14(13-7-3-4-8-15(13)20-17)18-16(19)10-12-6-5-9-21-12/h3-9,14H,10-11H2,1-2H3,(H,18,19)/t14-/m0/s1. The minimum atomic E-state index is -0.269. The number of fused-ring (bicyclic) bond motifs is 1. The summed E-state index contributed by atoms with van der Waals surface area (Å²) in [4.78, 5) is 13.3. The highest BCUT2D eigenvalue weighted by Crippen LogP contribution is 2.39. The maximum Gasteiger partial charge on any atom is 0.225 e. The van der Waals surface area contributed by atoms with E-state index < -0.39 is 0 Å². The molecule has 0 radical (unpaired) electrons. The first-order chi connectivity index (χ1) is 10.0. The Morgan fingerprint density at radius 1 is 1.33 bits per heavy atom. The van der Waals surface area contributed by atoms with Gasteiger partial charge >= 0.3 is 0 Å². The molecule has 2 aromatic rings.